The lowest BCUT2D eigenvalue weighted by Crippen LogP contribution is -2.39. The van der Waals surface area contributed by atoms with Crippen molar-refractivity contribution < 1.29 is 17.9 Å². The lowest BCUT2D eigenvalue weighted by atomic mass is 10.1. The zero-order valence-electron chi connectivity index (χ0n) is 19.7. The number of aromatic nitrogens is 4. The number of anilines is 1. The van der Waals surface area contributed by atoms with Gasteiger partial charge in [0, 0.05) is 54.1 Å². The van der Waals surface area contributed by atoms with E-state index in [1.807, 2.05) is 24.0 Å². The van der Waals surface area contributed by atoms with Crippen LogP contribution in [0.4, 0.5) is 5.69 Å². The number of nitrogens with one attached hydrogen (secondary N) is 2. The maximum Gasteiger partial charge on any atom is 0.263 e. The van der Waals surface area contributed by atoms with Crippen molar-refractivity contribution in [2.75, 3.05) is 36.5 Å². The predicted octanol–water partition coefficient (Wildman–Crippen LogP) is 2.85. The first kappa shape index (κ1) is 24.2. The van der Waals surface area contributed by atoms with Crippen LogP contribution in [-0.2, 0) is 16.4 Å². The van der Waals surface area contributed by atoms with Gasteiger partial charge in [0.25, 0.3) is 5.91 Å². The van der Waals surface area contributed by atoms with E-state index >= 15 is 0 Å². The summed E-state index contributed by atoms with van der Waals surface area (Å²) >= 11 is 7.46. The number of fused-ring (bicyclic) bond motifs is 5. The summed E-state index contributed by atoms with van der Waals surface area (Å²) in [5.41, 5.74) is 2.69. The van der Waals surface area contributed by atoms with E-state index in [1.54, 1.807) is 6.20 Å². The Morgan fingerprint density at radius 2 is 2.00 bits per heavy atom. The number of hydrogen-bond donors (Lipinski definition) is 2. The van der Waals surface area contributed by atoms with Crippen molar-refractivity contribution in [1.82, 2.24) is 30.2 Å². The van der Waals surface area contributed by atoms with Gasteiger partial charge in [-0.15, -0.1) is 11.3 Å². The van der Waals surface area contributed by atoms with Crippen LogP contribution in [0.25, 0.3) is 21.1 Å². The van der Waals surface area contributed by atoms with E-state index in [2.05, 4.69) is 30.6 Å². The van der Waals surface area contributed by atoms with Crippen molar-refractivity contribution in [3.8, 4) is 11.8 Å². The minimum Gasteiger partial charge on any atom is -0.418 e. The standard InChI is InChI=1S/C23H22ClN7O4S2/c1-12-8-25-19-17-15(36-20(19)21(32)28-12)3-2-14-18(17)26-10-16(29-14)35-22-13(9-27-23(24)30-22)11-31-4-6-37(33,34)7-5-31/h2-3,9-10,12,25H,4-8,11H2,1H3,(H,28,32)/t12-/m1/s1. The minimum absolute atomic E-state index is 0.00596. The highest BCUT2D eigenvalue weighted by molar-refractivity contribution is 7.91. The molecule has 0 bridgehead atoms. The Kier molecular flexibility index (Phi) is 6.10. The Bertz CT molecular complexity index is 1650. The highest BCUT2D eigenvalue weighted by atomic mass is 35.5. The molecule has 0 saturated carbocycles. The summed E-state index contributed by atoms with van der Waals surface area (Å²) < 4.78 is 30.5. The molecule has 5 heterocycles. The van der Waals surface area contributed by atoms with E-state index in [1.165, 1.54) is 17.5 Å². The molecule has 4 aromatic rings. The Balaban J connectivity index is 1.32. The summed E-state index contributed by atoms with van der Waals surface area (Å²) in [7, 11) is -2.99. The van der Waals surface area contributed by atoms with Crippen molar-refractivity contribution in [2.45, 2.75) is 19.5 Å². The number of ether oxygens (including phenoxy) is 1. The second kappa shape index (κ2) is 9.31. The average Bonchev–Trinajstić information content (AvgIpc) is 3.18. The lowest BCUT2D eigenvalue weighted by Gasteiger charge is -2.26. The number of sulfone groups is 1. The highest BCUT2D eigenvalue weighted by Crippen LogP contribution is 2.40. The molecule has 0 spiro atoms. The molecule has 37 heavy (non-hydrogen) atoms. The predicted molar refractivity (Wildman–Crippen MR) is 141 cm³/mol. The molecule has 1 aromatic carbocycles. The zero-order valence-corrected chi connectivity index (χ0v) is 22.1. The Hall–Kier alpha value is -3.13. The smallest absolute Gasteiger partial charge is 0.263 e. The monoisotopic (exact) mass is 559 g/mol. The topological polar surface area (TPSA) is 139 Å². The maximum absolute atomic E-state index is 12.7. The fourth-order valence-corrected chi connectivity index (χ4v) is 6.93. The Morgan fingerprint density at radius 1 is 1.19 bits per heavy atom. The van der Waals surface area contributed by atoms with Gasteiger partial charge in [-0.25, -0.2) is 23.4 Å². The first-order valence-electron chi connectivity index (χ1n) is 11.6. The quantitative estimate of drug-likeness (QED) is 0.359. The molecule has 2 aliphatic heterocycles. The number of thiophene rings is 1. The SMILES string of the molecule is C[C@@H]1CNc2c(sc3ccc4nc(Oc5nc(Cl)ncc5CN5CCS(=O)(=O)CC5)cnc4c23)C(=O)N1. The third-order valence-corrected chi connectivity index (χ3v) is 9.28. The molecule has 3 aromatic heterocycles. The van der Waals surface area contributed by atoms with Gasteiger partial charge in [-0.3, -0.25) is 9.69 Å². The molecule has 0 aliphatic carbocycles. The fraction of sp³-hybridized carbons (Fsp3) is 0.348. The Morgan fingerprint density at radius 3 is 2.81 bits per heavy atom. The Labute approximate surface area is 221 Å². The minimum atomic E-state index is -2.99. The lowest BCUT2D eigenvalue weighted by molar-refractivity contribution is 0.0949. The molecule has 0 unspecified atom stereocenters. The van der Waals surface area contributed by atoms with E-state index in [0.717, 1.165) is 15.8 Å². The molecular formula is C23H22ClN7O4S2. The molecule has 0 radical (unpaired) electrons. The number of halogens is 1. The van der Waals surface area contributed by atoms with Gasteiger partial charge in [-0.2, -0.15) is 4.98 Å². The van der Waals surface area contributed by atoms with E-state index in [-0.39, 0.29) is 40.5 Å². The van der Waals surface area contributed by atoms with E-state index in [0.29, 0.717) is 47.7 Å². The average molecular weight is 560 g/mol. The van der Waals surface area contributed by atoms with Crippen LogP contribution in [0.15, 0.2) is 24.5 Å². The van der Waals surface area contributed by atoms with Gasteiger partial charge < -0.3 is 15.4 Å². The van der Waals surface area contributed by atoms with Crippen molar-refractivity contribution in [3.63, 3.8) is 0 Å². The van der Waals surface area contributed by atoms with Crippen LogP contribution in [0, 0.1) is 0 Å². The van der Waals surface area contributed by atoms with Gasteiger partial charge in [-0.05, 0) is 30.7 Å². The van der Waals surface area contributed by atoms with Crippen LogP contribution in [0.3, 0.4) is 0 Å². The number of nitrogens with zero attached hydrogens (tertiary/aromatic N) is 5. The van der Waals surface area contributed by atoms with Crippen LogP contribution >= 0.6 is 22.9 Å². The summed E-state index contributed by atoms with van der Waals surface area (Å²) in [5, 5.41) is 7.25. The van der Waals surface area contributed by atoms with Gasteiger partial charge in [0.05, 0.1) is 34.4 Å². The number of benzene rings is 1. The third-order valence-electron chi connectivity index (χ3n) is 6.34. The molecule has 6 rings (SSSR count). The molecular weight excluding hydrogens is 538 g/mol. The summed E-state index contributed by atoms with van der Waals surface area (Å²) in [6.45, 7) is 3.82. The molecule has 2 N–H and O–H groups in total. The summed E-state index contributed by atoms with van der Waals surface area (Å²) in [4.78, 5) is 32.9. The van der Waals surface area contributed by atoms with Crippen molar-refractivity contribution in [2.24, 2.45) is 0 Å². The number of hydrogen-bond acceptors (Lipinski definition) is 11. The molecule has 1 atom stereocenters. The van der Waals surface area contributed by atoms with Gasteiger partial charge in [-0.1, -0.05) is 0 Å². The number of carbonyl (C=O) groups excluding carboxylic acids is 1. The summed E-state index contributed by atoms with van der Waals surface area (Å²) in [6.07, 6.45) is 3.09. The highest BCUT2D eigenvalue weighted by Gasteiger charge is 2.26. The normalized spacial score (nSPS) is 19.7. The summed E-state index contributed by atoms with van der Waals surface area (Å²) in [5.74, 6) is 0.590. The van der Waals surface area contributed by atoms with Gasteiger partial charge in [0.15, 0.2) is 9.84 Å². The molecule has 1 fully saturated rings. The van der Waals surface area contributed by atoms with E-state index < -0.39 is 9.84 Å². The van der Waals surface area contributed by atoms with Crippen LogP contribution in [0.5, 0.6) is 11.8 Å². The van der Waals surface area contributed by atoms with Crippen LogP contribution < -0.4 is 15.4 Å². The molecule has 2 aliphatic rings. The van der Waals surface area contributed by atoms with Gasteiger partial charge in [0.2, 0.25) is 17.0 Å². The zero-order chi connectivity index (χ0) is 25.7. The number of amides is 1. The van der Waals surface area contributed by atoms with Crippen molar-refractivity contribution in [1.29, 1.82) is 0 Å². The van der Waals surface area contributed by atoms with E-state index in [9.17, 15) is 13.2 Å². The van der Waals surface area contributed by atoms with Crippen molar-refractivity contribution >= 4 is 65.5 Å². The van der Waals surface area contributed by atoms with E-state index in [4.69, 9.17) is 16.3 Å². The van der Waals surface area contributed by atoms with Crippen LogP contribution in [-0.4, -0.2) is 76.3 Å². The summed E-state index contributed by atoms with van der Waals surface area (Å²) in [6, 6.07) is 3.77. The number of rotatable bonds is 4. The molecule has 11 nitrogen and oxygen atoms in total. The molecule has 1 amide bonds. The second-order valence-electron chi connectivity index (χ2n) is 9.08. The van der Waals surface area contributed by atoms with Crippen LogP contribution in [0.2, 0.25) is 5.28 Å². The fourth-order valence-electron chi connectivity index (χ4n) is 4.44. The van der Waals surface area contributed by atoms with Gasteiger partial charge in [0.1, 0.15) is 4.88 Å². The second-order valence-corrected chi connectivity index (χ2v) is 12.8. The molecule has 14 heteroatoms. The largest absolute Gasteiger partial charge is 0.418 e. The molecule has 192 valence electrons. The van der Waals surface area contributed by atoms with Crippen LogP contribution in [0.1, 0.15) is 22.2 Å². The number of carbonyl (C=O) groups is 1. The first-order valence-corrected chi connectivity index (χ1v) is 14.7. The van der Waals surface area contributed by atoms with Crippen molar-refractivity contribution in [3.05, 3.63) is 40.3 Å². The first-order chi connectivity index (χ1) is 17.8. The third kappa shape index (κ3) is 4.79. The van der Waals surface area contributed by atoms with Gasteiger partial charge >= 0.3 is 0 Å². The maximum atomic E-state index is 12.7. The molecule has 1 saturated heterocycles.